The lowest BCUT2D eigenvalue weighted by Gasteiger charge is -2.30. The topological polar surface area (TPSA) is 32.3 Å². The highest BCUT2D eigenvalue weighted by molar-refractivity contribution is 7.99. The normalized spacial score (nSPS) is 13.6. The lowest BCUT2D eigenvalue weighted by atomic mass is 10.1. The van der Waals surface area contributed by atoms with E-state index in [1.54, 1.807) is 0 Å². The molecule has 0 bridgehead atoms. The number of carbonyl (C=O) groups is 1. The molecule has 4 heteroatoms. The minimum absolute atomic E-state index is 0.0516. The van der Waals surface area contributed by atoms with Crippen LogP contribution in [0.5, 0.6) is 0 Å². The van der Waals surface area contributed by atoms with Gasteiger partial charge >= 0.3 is 0 Å². The maximum absolute atomic E-state index is 12.6. The number of fused-ring (bicyclic) bond motifs is 1. The molecule has 1 aliphatic rings. The number of hydrogen-bond acceptors (Lipinski definition) is 3. The maximum Gasteiger partial charge on any atom is 0.243 e. The van der Waals surface area contributed by atoms with Crippen molar-refractivity contribution >= 4 is 29.0 Å². The second-order valence-electron chi connectivity index (χ2n) is 5.75. The van der Waals surface area contributed by atoms with Crippen molar-refractivity contribution in [2.75, 3.05) is 29.1 Å². The van der Waals surface area contributed by atoms with Crippen LogP contribution in [0.2, 0.25) is 0 Å². The monoisotopic (exact) mass is 326 g/mol. The van der Waals surface area contributed by atoms with Crippen LogP contribution in [-0.2, 0) is 11.2 Å². The van der Waals surface area contributed by atoms with E-state index in [-0.39, 0.29) is 5.91 Å². The first-order chi connectivity index (χ1) is 11.2. The molecule has 0 saturated carbocycles. The molecule has 120 valence electrons. The summed E-state index contributed by atoms with van der Waals surface area (Å²) in [6.45, 7) is 5.46. The zero-order valence-corrected chi connectivity index (χ0v) is 14.5. The maximum atomic E-state index is 12.6. The number of para-hydroxylation sites is 2. The van der Waals surface area contributed by atoms with Crippen molar-refractivity contribution in [3.63, 3.8) is 0 Å². The smallest absolute Gasteiger partial charge is 0.243 e. The average molecular weight is 326 g/mol. The van der Waals surface area contributed by atoms with Gasteiger partial charge in [0, 0.05) is 22.9 Å². The summed E-state index contributed by atoms with van der Waals surface area (Å²) in [4.78, 5) is 16.0. The van der Waals surface area contributed by atoms with E-state index in [9.17, 15) is 4.79 Å². The highest BCUT2D eigenvalue weighted by Crippen LogP contribution is 2.34. The number of nitrogens with zero attached hydrogens (tertiary/aromatic N) is 1. The predicted octanol–water partition coefficient (Wildman–Crippen LogP) is 4.11. The first-order valence-corrected chi connectivity index (χ1v) is 9.02. The Bertz CT molecular complexity index is 714. The number of aryl methyl sites for hydroxylation is 2. The number of carbonyl (C=O) groups excluding carboxylic acids is 1. The zero-order chi connectivity index (χ0) is 16.2. The summed E-state index contributed by atoms with van der Waals surface area (Å²) in [6.07, 6.45) is 0.917. The highest BCUT2D eigenvalue weighted by atomic mass is 32.2. The second kappa shape index (κ2) is 7.09. The summed E-state index contributed by atoms with van der Waals surface area (Å²) in [6, 6.07) is 14.5. The molecule has 23 heavy (non-hydrogen) atoms. The van der Waals surface area contributed by atoms with E-state index >= 15 is 0 Å². The molecule has 0 aliphatic carbocycles. The van der Waals surface area contributed by atoms with Crippen molar-refractivity contribution in [1.82, 2.24) is 0 Å². The van der Waals surface area contributed by atoms with Gasteiger partial charge in [-0.25, -0.2) is 0 Å². The van der Waals surface area contributed by atoms with Gasteiger partial charge in [0.25, 0.3) is 0 Å². The van der Waals surface area contributed by atoms with Crippen LogP contribution < -0.4 is 10.2 Å². The molecule has 0 spiro atoms. The van der Waals surface area contributed by atoms with E-state index in [1.807, 2.05) is 36.9 Å². The standard InChI is InChI=1S/C19H22N2OS/c1-3-15-8-6-7-14(2)19(15)20-18(22)13-21-11-12-23-17-10-5-4-9-16(17)21/h4-10H,3,11-13H2,1-2H3,(H,20,22). The van der Waals surface area contributed by atoms with Crippen LogP contribution in [0.1, 0.15) is 18.1 Å². The van der Waals surface area contributed by atoms with Crippen LogP contribution >= 0.6 is 11.8 Å². The van der Waals surface area contributed by atoms with Gasteiger partial charge in [-0.15, -0.1) is 11.8 Å². The fourth-order valence-electron chi connectivity index (χ4n) is 2.95. The second-order valence-corrected chi connectivity index (χ2v) is 6.89. The van der Waals surface area contributed by atoms with Crippen molar-refractivity contribution < 1.29 is 4.79 Å². The van der Waals surface area contributed by atoms with Gasteiger partial charge in [0.05, 0.1) is 12.2 Å². The van der Waals surface area contributed by atoms with Gasteiger partial charge in [0.2, 0.25) is 5.91 Å². The third-order valence-electron chi connectivity index (χ3n) is 4.16. The van der Waals surface area contributed by atoms with Crippen LogP contribution in [0, 0.1) is 6.92 Å². The van der Waals surface area contributed by atoms with Crippen LogP contribution in [-0.4, -0.2) is 24.7 Å². The summed E-state index contributed by atoms with van der Waals surface area (Å²) in [5, 5.41) is 3.12. The van der Waals surface area contributed by atoms with Crippen LogP contribution in [0.25, 0.3) is 0 Å². The molecule has 0 fully saturated rings. The molecule has 1 amide bonds. The van der Waals surface area contributed by atoms with Gasteiger partial charge in [0.1, 0.15) is 0 Å². The molecule has 2 aromatic rings. The Morgan fingerprint density at radius 1 is 1.22 bits per heavy atom. The van der Waals surface area contributed by atoms with Crippen LogP contribution in [0.3, 0.4) is 0 Å². The van der Waals surface area contributed by atoms with E-state index in [4.69, 9.17) is 0 Å². The molecule has 1 heterocycles. The summed E-state index contributed by atoms with van der Waals surface area (Å²) in [5.41, 5.74) is 4.44. The van der Waals surface area contributed by atoms with Crippen molar-refractivity contribution in [1.29, 1.82) is 0 Å². The van der Waals surface area contributed by atoms with Crippen molar-refractivity contribution in [2.45, 2.75) is 25.2 Å². The van der Waals surface area contributed by atoms with Gasteiger partial charge in [-0.3, -0.25) is 4.79 Å². The van der Waals surface area contributed by atoms with E-state index in [1.165, 1.54) is 16.1 Å². The fraction of sp³-hybridized carbons (Fsp3) is 0.316. The summed E-state index contributed by atoms with van der Waals surface area (Å²) in [7, 11) is 0. The number of benzene rings is 2. The molecule has 3 nitrogen and oxygen atoms in total. The van der Waals surface area contributed by atoms with Gasteiger partial charge in [0.15, 0.2) is 0 Å². The van der Waals surface area contributed by atoms with Gasteiger partial charge in [-0.2, -0.15) is 0 Å². The molecule has 0 aromatic heterocycles. The van der Waals surface area contributed by atoms with E-state index in [0.717, 1.165) is 30.0 Å². The minimum Gasteiger partial charge on any atom is -0.360 e. The Labute approximate surface area is 142 Å². The summed E-state index contributed by atoms with van der Waals surface area (Å²) >= 11 is 1.86. The van der Waals surface area contributed by atoms with Crippen molar-refractivity contribution in [3.05, 3.63) is 53.6 Å². The molecule has 3 rings (SSSR count). The van der Waals surface area contributed by atoms with Crippen LogP contribution in [0.15, 0.2) is 47.4 Å². The van der Waals surface area contributed by atoms with Gasteiger partial charge in [-0.05, 0) is 36.6 Å². The van der Waals surface area contributed by atoms with E-state index in [0.29, 0.717) is 6.54 Å². The molecule has 0 atom stereocenters. The quantitative estimate of drug-likeness (QED) is 0.918. The number of thioether (sulfide) groups is 1. The Morgan fingerprint density at radius 3 is 2.87 bits per heavy atom. The summed E-state index contributed by atoms with van der Waals surface area (Å²) in [5.74, 6) is 1.07. The fourth-order valence-corrected chi connectivity index (χ4v) is 4.00. The molecule has 0 radical (unpaired) electrons. The minimum atomic E-state index is 0.0516. The largest absolute Gasteiger partial charge is 0.360 e. The SMILES string of the molecule is CCc1cccc(C)c1NC(=O)CN1CCSc2ccccc21. The number of amides is 1. The third-order valence-corrected chi connectivity index (χ3v) is 5.21. The zero-order valence-electron chi connectivity index (χ0n) is 13.6. The lowest BCUT2D eigenvalue weighted by Crippen LogP contribution is -2.37. The predicted molar refractivity (Wildman–Crippen MR) is 98.6 cm³/mol. The van der Waals surface area contributed by atoms with Crippen molar-refractivity contribution in [3.8, 4) is 0 Å². The lowest BCUT2D eigenvalue weighted by molar-refractivity contribution is -0.115. The van der Waals surface area contributed by atoms with Gasteiger partial charge < -0.3 is 10.2 Å². The molecule has 1 N–H and O–H groups in total. The highest BCUT2D eigenvalue weighted by Gasteiger charge is 2.19. The molecule has 2 aromatic carbocycles. The molecule has 1 aliphatic heterocycles. The Kier molecular flexibility index (Phi) is 4.91. The Morgan fingerprint density at radius 2 is 2.04 bits per heavy atom. The van der Waals surface area contributed by atoms with Gasteiger partial charge in [-0.1, -0.05) is 37.3 Å². The van der Waals surface area contributed by atoms with Crippen LogP contribution in [0.4, 0.5) is 11.4 Å². The molecular formula is C19H22N2OS. The summed E-state index contributed by atoms with van der Waals surface area (Å²) < 4.78 is 0. The number of nitrogens with one attached hydrogen (secondary N) is 1. The Hall–Kier alpha value is -1.94. The van der Waals surface area contributed by atoms with E-state index in [2.05, 4.69) is 41.4 Å². The first kappa shape index (κ1) is 15.9. The molecular weight excluding hydrogens is 304 g/mol. The molecule has 0 saturated heterocycles. The van der Waals surface area contributed by atoms with E-state index < -0.39 is 0 Å². The number of anilines is 2. The van der Waals surface area contributed by atoms with Crippen molar-refractivity contribution in [2.24, 2.45) is 0 Å². The Balaban J connectivity index is 1.74. The first-order valence-electron chi connectivity index (χ1n) is 8.04. The number of hydrogen-bond donors (Lipinski definition) is 1. The number of rotatable bonds is 4. The third kappa shape index (κ3) is 3.53. The average Bonchev–Trinajstić information content (AvgIpc) is 2.57. The molecule has 0 unspecified atom stereocenters.